The van der Waals surface area contributed by atoms with Gasteiger partial charge in [-0.15, -0.1) is 0 Å². The Hall–Kier alpha value is -2.23. The van der Waals surface area contributed by atoms with Gasteiger partial charge in [-0.3, -0.25) is 14.7 Å². The molecule has 3 aromatic rings. The number of likely N-dealkylation sites (tertiary alicyclic amines) is 1. The van der Waals surface area contributed by atoms with E-state index in [-0.39, 0.29) is 5.92 Å². The lowest BCUT2D eigenvalue weighted by atomic mass is 9.88. The first-order chi connectivity index (χ1) is 13.6. The second-order valence-electron chi connectivity index (χ2n) is 7.69. The van der Waals surface area contributed by atoms with E-state index in [0.717, 1.165) is 65.1 Å². The fraction of sp³-hybridized carbons (Fsp3) is 0.333. The standard InChI is InChI=1S/C24H25ClN2O/c1-17-21-7-4-6-19(22(21)9-12-26-17)15-24(28)18-10-13-27(14-11-18)16-20-5-2-3-8-23(20)25/h2-9,12,18H,10-11,13-16H2,1H3. The maximum atomic E-state index is 13.0. The highest BCUT2D eigenvalue weighted by atomic mass is 35.5. The average molecular weight is 393 g/mol. The predicted octanol–water partition coefficient (Wildman–Crippen LogP) is 5.22. The molecule has 0 unspecified atom stereocenters. The Labute approximate surface area is 171 Å². The second-order valence-corrected chi connectivity index (χ2v) is 8.10. The van der Waals surface area contributed by atoms with Crippen LogP contribution >= 0.6 is 11.6 Å². The summed E-state index contributed by atoms with van der Waals surface area (Å²) in [6.45, 7) is 4.76. The van der Waals surface area contributed by atoms with Crippen molar-refractivity contribution < 1.29 is 4.79 Å². The molecule has 4 heteroatoms. The van der Waals surface area contributed by atoms with Crippen LogP contribution in [0.3, 0.4) is 0 Å². The summed E-state index contributed by atoms with van der Waals surface area (Å²) in [5.74, 6) is 0.514. The number of Topliss-reactive ketones (excluding diaryl/α,β-unsaturated/α-hetero) is 1. The number of aryl methyl sites for hydroxylation is 1. The van der Waals surface area contributed by atoms with Crippen LogP contribution in [-0.2, 0) is 17.8 Å². The number of hydrogen-bond acceptors (Lipinski definition) is 3. The number of ketones is 1. The number of rotatable bonds is 5. The first kappa shape index (κ1) is 19.1. The molecule has 3 nitrogen and oxygen atoms in total. The van der Waals surface area contributed by atoms with Crippen molar-refractivity contribution in [2.24, 2.45) is 5.92 Å². The summed E-state index contributed by atoms with van der Waals surface area (Å²) in [5.41, 5.74) is 3.29. The van der Waals surface area contributed by atoms with E-state index in [1.54, 1.807) is 0 Å². The first-order valence-corrected chi connectivity index (χ1v) is 10.3. The number of nitrogens with zero attached hydrogens (tertiary/aromatic N) is 2. The Morgan fingerprint density at radius 3 is 2.57 bits per heavy atom. The van der Waals surface area contributed by atoms with Gasteiger partial charge >= 0.3 is 0 Å². The van der Waals surface area contributed by atoms with Crippen LogP contribution in [0.2, 0.25) is 5.02 Å². The van der Waals surface area contributed by atoms with Crippen LogP contribution in [0.4, 0.5) is 0 Å². The van der Waals surface area contributed by atoms with Crippen molar-refractivity contribution >= 4 is 28.2 Å². The molecule has 2 heterocycles. The minimum Gasteiger partial charge on any atom is -0.299 e. The van der Waals surface area contributed by atoms with Crippen molar-refractivity contribution in [1.29, 1.82) is 0 Å². The van der Waals surface area contributed by atoms with E-state index in [4.69, 9.17) is 11.6 Å². The second kappa shape index (κ2) is 8.42. The number of piperidine rings is 1. The van der Waals surface area contributed by atoms with Gasteiger partial charge in [0, 0.05) is 41.2 Å². The van der Waals surface area contributed by atoms with Crippen LogP contribution in [0, 0.1) is 12.8 Å². The van der Waals surface area contributed by atoms with Crippen molar-refractivity contribution in [3.05, 3.63) is 76.6 Å². The van der Waals surface area contributed by atoms with Gasteiger partial charge in [-0.1, -0.05) is 48.0 Å². The zero-order chi connectivity index (χ0) is 19.5. The van der Waals surface area contributed by atoms with E-state index in [1.165, 1.54) is 0 Å². The number of carbonyl (C=O) groups is 1. The number of halogens is 1. The molecular weight excluding hydrogens is 368 g/mol. The van der Waals surface area contributed by atoms with E-state index < -0.39 is 0 Å². The molecule has 1 aliphatic rings. The summed E-state index contributed by atoms with van der Waals surface area (Å²) >= 11 is 6.29. The summed E-state index contributed by atoms with van der Waals surface area (Å²) in [6, 6.07) is 16.2. The molecule has 0 aliphatic carbocycles. The van der Waals surface area contributed by atoms with Gasteiger partial charge < -0.3 is 0 Å². The zero-order valence-corrected chi connectivity index (χ0v) is 17.0. The maximum Gasteiger partial charge on any atom is 0.140 e. The summed E-state index contributed by atoms with van der Waals surface area (Å²) in [6.07, 6.45) is 4.19. The average Bonchev–Trinajstić information content (AvgIpc) is 2.71. The first-order valence-electron chi connectivity index (χ1n) is 9.93. The monoisotopic (exact) mass is 392 g/mol. The largest absolute Gasteiger partial charge is 0.299 e. The highest BCUT2D eigenvalue weighted by molar-refractivity contribution is 6.31. The molecule has 0 radical (unpaired) electrons. The molecule has 144 valence electrons. The Morgan fingerprint density at radius 1 is 1.04 bits per heavy atom. The molecule has 1 saturated heterocycles. The van der Waals surface area contributed by atoms with Crippen molar-refractivity contribution in [2.75, 3.05) is 13.1 Å². The zero-order valence-electron chi connectivity index (χ0n) is 16.2. The van der Waals surface area contributed by atoms with Gasteiger partial charge in [0.25, 0.3) is 0 Å². The van der Waals surface area contributed by atoms with Gasteiger partial charge in [0.15, 0.2) is 0 Å². The molecule has 1 fully saturated rings. The minimum atomic E-state index is 0.153. The van der Waals surface area contributed by atoms with Crippen molar-refractivity contribution in [1.82, 2.24) is 9.88 Å². The van der Waals surface area contributed by atoms with Gasteiger partial charge in [0.2, 0.25) is 0 Å². The van der Waals surface area contributed by atoms with Crippen molar-refractivity contribution in [3.8, 4) is 0 Å². The lowest BCUT2D eigenvalue weighted by molar-refractivity contribution is -0.123. The van der Waals surface area contributed by atoms with E-state index in [0.29, 0.717) is 12.2 Å². The molecule has 4 rings (SSSR count). The molecule has 0 N–H and O–H groups in total. The van der Waals surface area contributed by atoms with Gasteiger partial charge in [0.05, 0.1) is 0 Å². The van der Waals surface area contributed by atoms with E-state index in [9.17, 15) is 4.79 Å². The van der Waals surface area contributed by atoms with Gasteiger partial charge in [-0.25, -0.2) is 0 Å². The Balaban J connectivity index is 1.38. The van der Waals surface area contributed by atoms with Crippen LogP contribution in [0.15, 0.2) is 54.7 Å². The normalized spacial score (nSPS) is 15.8. The van der Waals surface area contributed by atoms with Gasteiger partial charge in [-0.2, -0.15) is 0 Å². The molecule has 28 heavy (non-hydrogen) atoms. The molecule has 1 aromatic heterocycles. The number of carbonyl (C=O) groups excluding carboxylic acids is 1. The fourth-order valence-corrected chi connectivity index (χ4v) is 4.38. The summed E-state index contributed by atoms with van der Waals surface area (Å²) in [5, 5.41) is 3.11. The van der Waals surface area contributed by atoms with Crippen LogP contribution in [-0.4, -0.2) is 28.8 Å². The molecule has 2 aromatic carbocycles. The molecular formula is C24H25ClN2O. The summed E-state index contributed by atoms with van der Waals surface area (Å²) < 4.78 is 0. The lowest BCUT2D eigenvalue weighted by Gasteiger charge is -2.31. The van der Waals surface area contributed by atoms with Crippen LogP contribution in [0.25, 0.3) is 10.8 Å². The van der Waals surface area contributed by atoms with Crippen molar-refractivity contribution in [3.63, 3.8) is 0 Å². The molecule has 0 atom stereocenters. The Kier molecular flexibility index (Phi) is 5.74. The Bertz CT molecular complexity index is 993. The smallest absolute Gasteiger partial charge is 0.140 e. The third-order valence-electron chi connectivity index (χ3n) is 5.85. The topological polar surface area (TPSA) is 33.2 Å². The Morgan fingerprint density at radius 2 is 1.79 bits per heavy atom. The van der Waals surface area contributed by atoms with Crippen molar-refractivity contribution in [2.45, 2.75) is 32.7 Å². The van der Waals surface area contributed by atoms with Gasteiger partial charge in [0.1, 0.15) is 5.78 Å². The quantitative estimate of drug-likeness (QED) is 0.596. The van der Waals surface area contributed by atoms with Gasteiger partial charge in [-0.05, 0) is 61.5 Å². The third-order valence-corrected chi connectivity index (χ3v) is 6.22. The predicted molar refractivity (Wildman–Crippen MR) is 115 cm³/mol. The SMILES string of the molecule is Cc1nccc2c(CC(=O)C3CCN(Cc4ccccc4Cl)CC3)cccc12. The lowest BCUT2D eigenvalue weighted by Crippen LogP contribution is -2.36. The highest BCUT2D eigenvalue weighted by Crippen LogP contribution is 2.26. The van der Waals surface area contributed by atoms with E-state index in [2.05, 4.69) is 28.1 Å². The fourth-order valence-electron chi connectivity index (χ4n) is 4.19. The number of aromatic nitrogens is 1. The van der Waals surface area contributed by atoms with E-state index >= 15 is 0 Å². The highest BCUT2D eigenvalue weighted by Gasteiger charge is 2.25. The summed E-state index contributed by atoms with van der Waals surface area (Å²) in [7, 11) is 0. The third kappa shape index (κ3) is 4.11. The van der Waals surface area contributed by atoms with Crippen LogP contribution in [0.1, 0.15) is 29.7 Å². The van der Waals surface area contributed by atoms with Crippen LogP contribution < -0.4 is 0 Å². The van der Waals surface area contributed by atoms with Crippen LogP contribution in [0.5, 0.6) is 0 Å². The van der Waals surface area contributed by atoms with E-state index in [1.807, 2.05) is 43.5 Å². The number of pyridine rings is 1. The maximum absolute atomic E-state index is 13.0. The molecule has 0 spiro atoms. The molecule has 0 amide bonds. The molecule has 0 bridgehead atoms. The summed E-state index contributed by atoms with van der Waals surface area (Å²) in [4.78, 5) is 19.7. The number of fused-ring (bicyclic) bond motifs is 1. The number of hydrogen-bond donors (Lipinski definition) is 0. The minimum absolute atomic E-state index is 0.153. The molecule has 1 aliphatic heterocycles. The molecule has 0 saturated carbocycles. The number of benzene rings is 2.